The van der Waals surface area contributed by atoms with Crippen LogP contribution in [0.5, 0.6) is 0 Å². The first-order chi connectivity index (χ1) is 6.63. The number of rotatable bonds is 4. The molecule has 0 aromatic carbocycles. The third kappa shape index (κ3) is 3.20. The van der Waals surface area contributed by atoms with E-state index in [1.54, 1.807) is 0 Å². The second kappa shape index (κ2) is 5.23. The number of nitrogens with zero attached hydrogens (tertiary/aromatic N) is 1. The Kier molecular flexibility index (Phi) is 4.23. The van der Waals surface area contributed by atoms with Crippen molar-refractivity contribution in [1.29, 1.82) is 0 Å². The first-order valence-electron chi connectivity index (χ1n) is 5.69. The van der Waals surface area contributed by atoms with E-state index in [1.165, 1.54) is 19.3 Å². The summed E-state index contributed by atoms with van der Waals surface area (Å²) in [5, 5.41) is 2.93. The van der Waals surface area contributed by atoms with Gasteiger partial charge in [0, 0.05) is 19.1 Å². The summed E-state index contributed by atoms with van der Waals surface area (Å²) in [6.45, 7) is 7.78. The van der Waals surface area contributed by atoms with Crippen molar-refractivity contribution in [1.82, 2.24) is 10.2 Å². The van der Waals surface area contributed by atoms with Gasteiger partial charge in [0.05, 0.1) is 0 Å². The number of carbonyl (C=O) groups is 1. The molecule has 3 nitrogen and oxygen atoms in total. The fourth-order valence-corrected chi connectivity index (χ4v) is 1.68. The summed E-state index contributed by atoms with van der Waals surface area (Å²) in [5.41, 5.74) is 0. The molecule has 1 aliphatic rings. The molecule has 0 saturated heterocycles. The number of amides is 2. The van der Waals surface area contributed by atoms with Crippen LogP contribution in [-0.2, 0) is 0 Å². The van der Waals surface area contributed by atoms with Crippen LogP contribution in [0.2, 0.25) is 0 Å². The van der Waals surface area contributed by atoms with Crippen molar-refractivity contribution in [3.05, 3.63) is 0 Å². The molecule has 0 aromatic rings. The zero-order chi connectivity index (χ0) is 10.6. The fourth-order valence-electron chi connectivity index (χ4n) is 1.68. The number of carbonyl (C=O) groups excluding carboxylic acids is 1. The molecular weight excluding hydrogens is 176 g/mol. The van der Waals surface area contributed by atoms with Crippen molar-refractivity contribution in [2.75, 3.05) is 13.1 Å². The third-order valence-electron chi connectivity index (χ3n) is 2.78. The zero-order valence-corrected chi connectivity index (χ0v) is 9.55. The molecular formula is C11H22N2O. The lowest BCUT2D eigenvalue weighted by Crippen LogP contribution is -2.45. The predicted octanol–water partition coefficient (Wildman–Crippen LogP) is 2.23. The molecule has 14 heavy (non-hydrogen) atoms. The third-order valence-corrected chi connectivity index (χ3v) is 2.78. The minimum Gasteiger partial charge on any atom is -0.336 e. The van der Waals surface area contributed by atoms with Gasteiger partial charge < -0.3 is 10.2 Å². The molecule has 1 N–H and O–H groups in total. The molecule has 0 aliphatic heterocycles. The smallest absolute Gasteiger partial charge is 0.317 e. The molecule has 0 atom stereocenters. The van der Waals surface area contributed by atoms with Gasteiger partial charge in [-0.05, 0) is 39.5 Å². The van der Waals surface area contributed by atoms with Gasteiger partial charge in [-0.15, -0.1) is 0 Å². The Morgan fingerprint density at radius 1 is 1.50 bits per heavy atom. The average molecular weight is 198 g/mol. The predicted molar refractivity (Wildman–Crippen MR) is 58.3 cm³/mol. The molecule has 3 heteroatoms. The Labute approximate surface area is 86.9 Å². The fraction of sp³-hybridized carbons (Fsp3) is 0.909. The number of hydrogen-bond acceptors (Lipinski definition) is 1. The van der Waals surface area contributed by atoms with Crippen molar-refractivity contribution in [2.45, 2.75) is 46.1 Å². The van der Waals surface area contributed by atoms with Gasteiger partial charge in [0.1, 0.15) is 0 Å². The lowest BCUT2D eigenvalue weighted by molar-refractivity contribution is 0.169. The average Bonchev–Trinajstić information content (AvgIpc) is 2.01. The van der Waals surface area contributed by atoms with E-state index in [9.17, 15) is 4.79 Å². The van der Waals surface area contributed by atoms with Crippen LogP contribution in [0.1, 0.15) is 40.0 Å². The van der Waals surface area contributed by atoms with E-state index >= 15 is 0 Å². The monoisotopic (exact) mass is 198 g/mol. The SMILES string of the molecule is CCN(CC1CCC1)C(=O)NC(C)C. The van der Waals surface area contributed by atoms with Gasteiger partial charge in [0.15, 0.2) is 0 Å². The van der Waals surface area contributed by atoms with Crippen LogP contribution >= 0.6 is 0 Å². The molecule has 0 unspecified atom stereocenters. The summed E-state index contributed by atoms with van der Waals surface area (Å²) in [5.74, 6) is 0.757. The Morgan fingerprint density at radius 2 is 2.14 bits per heavy atom. The van der Waals surface area contributed by atoms with Crippen LogP contribution in [0.15, 0.2) is 0 Å². The Morgan fingerprint density at radius 3 is 2.50 bits per heavy atom. The van der Waals surface area contributed by atoms with E-state index in [-0.39, 0.29) is 12.1 Å². The summed E-state index contributed by atoms with van der Waals surface area (Å²) >= 11 is 0. The second-order valence-electron chi connectivity index (χ2n) is 4.44. The summed E-state index contributed by atoms with van der Waals surface area (Å²) in [6, 6.07) is 0.326. The van der Waals surface area contributed by atoms with Gasteiger partial charge >= 0.3 is 6.03 Å². The number of nitrogens with one attached hydrogen (secondary N) is 1. The molecule has 1 saturated carbocycles. The molecule has 0 heterocycles. The maximum Gasteiger partial charge on any atom is 0.317 e. The Balaban J connectivity index is 2.31. The minimum atomic E-state index is 0.0920. The van der Waals surface area contributed by atoms with Gasteiger partial charge in [0.25, 0.3) is 0 Å². The molecule has 82 valence electrons. The highest BCUT2D eigenvalue weighted by Gasteiger charge is 2.22. The van der Waals surface area contributed by atoms with Crippen molar-refractivity contribution in [3.63, 3.8) is 0 Å². The van der Waals surface area contributed by atoms with E-state index < -0.39 is 0 Å². The van der Waals surface area contributed by atoms with Gasteiger partial charge in [-0.2, -0.15) is 0 Å². The maximum absolute atomic E-state index is 11.7. The summed E-state index contributed by atoms with van der Waals surface area (Å²) in [7, 11) is 0. The van der Waals surface area contributed by atoms with Crippen LogP contribution in [0.25, 0.3) is 0 Å². The molecule has 0 spiro atoms. The summed E-state index contributed by atoms with van der Waals surface area (Å²) in [6.07, 6.45) is 3.94. The number of urea groups is 1. The highest BCUT2D eigenvalue weighted by molar-refractivity contribution is 5.74. The summed E-state index contributed by atoms with van der Waals surface area (Å²) < 4.78 is 0. The highest BCUT2D eigenvalue weighted by Crippen LogP contribution is 2.26. The van der Waals surface area contributed by atoms with E-state index in [0.717, 1.165) is 19.0 Å². The topological polar surface area (TPSA) is 32.3 Å². The van der Waals surface area contributed by atoms with Crippen molar-refractivity contribution in [2.24, 2.45) is 5.92 Å². The van der Waals surface area contributed by atoms with E-state index in [0.29, 0.717) is 0 Å². The second-order valence-corrected chi connectivity index (χ2v) is 4.44. The van der Waals surface area contributed by atoms with Gasteiger partial charge in [-0.25, -0.2) is 4.79 Å². The minimum absolute atomic E-state index is 0.0920. The van der Waals surface area contributed by atoms with Gasteiger partial charge in [0.2, 0.25) is 0 Å². The quantitative estimate of drug-likeness (QED) is 0.738. The lowest BCUT2D eigenvalue weighted by atomic mass is 9.85. The first-order valence-corrected chi connectivity index (χ1v) is 5.69. The van der Waals surface area contributed by atoms with Gasteiger partial charge in [-0.3, -0.25) is 0 Å². The largest absolute Gasteiger partial charge is 0.336 e. The number of hydrogen-bond donors (Lipinski definition) is 1. The first kappa shape index (κ1) is 11.3. The molecule has 0 bridgehead atoms. The van der Waals surface area contributed by atoms with Crippen molar-refractivity contribution < 1.29 is 4.79 Å². The van der Waals surface area contributed by atoms with Crippen molar-refractivity contribution in [3.8, 4) is 0 Å². The van der Waals surface area contributed by atoms with E-state index in [4.69, 9.17) is 0 Å². The van der Waals surface area contributed by atoms with Crippen LogP contribution < -0.4 is 5.32 Å². The van der Waals surface area contributed by atoms with Crippen LogP contribution in [0.4, 0.5) is 4.79 Å². The van der Waals surface area contributed by atoms with E-state index in [1.807, 2.05) is 25.7 Å². The molecule has 0 aromatic heterocycles. The Bertz CT molecular complexity index is 188. The lowest BCUT2D eigenvalue weighted by Gasteiger charge is -2.32. The van der Waals surface area contributed by atoms with Crippen LogP contribution in [-0.4, -0.2) is 30.1 Å². The molecule has 1 rings (SSSR count). The zero-order valence-electron chi connectivity index (χ0n) is 9.55. The Hall–Kier alpha value is -0.730. The molecule has 1 fully saturated rings. The molecule has 1 aliphatic carbocycles. The van der Waals surface area contributed by atoms with Gasteiger partial charge in [-0.1, -0.05) is 6.42 Å². The molecule has 2 amide bonds. The maximum atomic E-state index is 11.7. The van der Waals surface area contributed by atoms with E-state index in [2.05, 4.69) is 5.32 Å². The normalized spacial score (nSPS) is 16.6. The van der Waals surface area contributed by atoms with Crippen LogP contribution in [0.3, 0.4) is 0 Å². The van der Waals surface area contributed by atoms with Crippen LogP contribution in [0, 0.1) is 5.92 Å². The van der Waals surface area contributed by atoms with Crippen molar-refractivity contribution >= 4 is 6.03 Å². The highest BCUT2D eigenvalue weighted by atomic mass is 16.2. The standard InChI is InChI=1S/C11H22N2O/c1-4-13(8-10-6-5-7-10)11(14)12-9(2)3/h9-10H,4-8H2,1-3H3,(H,12,14). The molecule has 0 radical (unpaired) electrons. The summed E-state index contributed by atoms with van der Waals surface area (Å²) in [4.78, 5) is 13.6.